The molecule has 2 N–H and O–H groups in total. The maximum atomic E-state index is 12.3. The van der Waals surface area contributed by atoms with Gasteiger partial charge in [0.2, 0.25) is 0 Å². The number of aromatic nitrogens is 5. The number of carbonyl (C=O) groups excluding carboxylic acids is 1. The SMILES string of the molecule is Cc1cccc(C(=O)NCCc2nnc3ccc(NCc4cccnc4)nn23)c1. The van der Waals surface area contributed by atoms with E-state index in [1.165, 1.54) is 0 Å². The molecule has 8 nitrogen and oxygen atoms in total. The molecule has 1 aromatic carbocycles. The summed E-state index contributed by atoms with van der Waals surface area (Å²) in [6.07, 6.45) is 4.08. The number of nitrogens with zero attached hydrogens (tertiary/aromatic N) is 5. The molecule has 3 heterocycles. The van der Waals surface area contributed by atoms with Crippen LogP contribution in [0.15, 0.2) is 60.9 Å². The molecule has 8 heteroatoms. The van der Waals surface area contributed by atoms with Gasteiger partial charge < -0.3 is 10.6 Å². The lowest BCUT2D eigenvalue weighted by atomic mass is 10.1. The number of pyridine rings is 1. The van der Waals surface area contributed by atoms with E-state index in [9.17, 15) is 4.79 Å². The van der Waals surface area contributed by atoms with Crippen molar-refractivity contribution in [3.05, 3.63) is 83.4 Å². The standard InChI is InChI=1S/C21H21N7O/c1-15-4-2-6-17(12-15)21(29)23-11-9-20-26-25-19-8-7-18(27-28(19)20)24-14-16-5-3-10-22-13-16/h2-8,10,12-13H,9,11,14H2,1H3,(H,23,29)(H,24,27). The Morgan fingerprint density at radius 3 is 2.86 bits per heavy atom. The van der Waals surface area contributed by atoms with Gasteiger partial charge >= 0.3 is 0 Å². The molecule has 0 unspecified atom stereocenters. The fourth-order valence-corrected chi connectivity index (χ4v) is 2.96. The van der Waals surface area contributed by atoms with E-state index >= 15 is 0 Å². The minimum atomic E-state index is -0.102. The first-order valence-corrected chi connectivity index (χ1v) is 9.38. The summed E-state index contributed by atoms with van der Waals surface area (Å²) in [6, 6.07) is 15.1. The third kappa shape index (κ3) is 4.55. The molecular weight excluding hydrogens is 366 g/mol. The highest BCUT2D eigenvalue weighted by atomic mass is 16.1. The molecule has 29 heavy (non-hydrogen) atoms. The van der Waals surface area contributed by atoms with E-state index in [1.54, 1.807) is 16.8 Å². The van der Waals surface area contributed by atoms with Gasteiger partial charge in [-0.25, -0.2) is 0 Å². The topological polar surface area (TPSA) is 97.1 Å². The van der Waals surface area contributed by atoms with Crippen LogP contribution < -0.4 is 10.6 Å². The summed E-state index contributed by atoms with van der Waals surface area (Å²) in [5.41, 5.74) is 3.43. The van der Waals surface area contributed by atoms with E-state index in [2.05, 4.69) is 30.9 Å². The van der Waals surface area contributed by atoms with Crippen molar-refractivity contribution >= 4 is 17.4 Å². The van der Waals surface area contributed by atoms with Gasteiger partial charge in [0.15, 0.2) is 11.5 Å². The van der Waals surface area contributed by atoms with Crippen LogP contribution in [0.2, 0.25) is 0 Å². The van der Waals surface area contributed by atoms with Gasteiger partial charge in [-0.1, -0.05) is 23.8 Å². The first kappa shape index (κ1) is 18.5. The molecule has 0 spiro atoms. The predicted molar refractivity (Wildman–Crippen MR) is 110 cm³/mol. The lowest BCUT2D eigenvalue weighted by Crippen LogP contribution is -2.26. The molecule has 1 amide bonds. The van der Waals surface area contributed by atoms with Crippen LogP contribution >= 0.6 is 0 Å². The van der Waals surface area contributed by atoms with Crippen LogP contribution in [0.3, 0.4) is 0 Å². The van der Waals surface area contributed by atoms with Crippen LogP contribution in [0.1, 0.15) is 27.3 Å². The number of hydrogen-bond acceptors (Lipinski definition) is 6. The summed E-state index contributed by atoms with van der Waals surface area (Å²) < 4.78 is 1.70. The average Bonchev–Trinajstić information content (AvgIpc) is 3.15. The van der Waals surface area contributed by atoms with Crippen molar-refractivity contribution < 1.29 is 4.79 Å². The first-order valence-electron chi connectivity index (χ1n) is 9.38. The number of rotatable bonds is 7. The molecule has 0 radical (unpaired) electrons. The van der Waals surface area contributed by atoms with Crippen molar-refractivity contribution in [2.75, 3.05) is 11.9 Å². The van der Waals surface area contributed by atoms with E-state index < -0.39 is 0 Å². The normalized spacial score (nSPS) is 10.8. The average molecular weight is 387 g/mol. The zero-order valence-corrected chi connectivity index (χ0v) is 16.0. The highest BCUT2D eigenvalue weighted by molar-refractivity contribution is 5.94. The van der Waals surface area contributed by atoms with Gasteiger partial charge in [-0.2, -0.15) is 4.52 Å². The Balaban J connectivity index is 1.39. The van der Waals surface area contributed by atoms with Crippen LogP contribution in [0, 0.1) is 6.92 Å². The second-order valence-electron chi connectivity index (χ2n) is 6.70. The van der Waals surface area contributed by atoms with E-state index in [1.807, 2.05) is 55.6 Å². The van der Waals surface area contributed by atoms with Crippen LogP contribution in [-0.4, -0.2) is 37.2 Å². The smallest absolute Gasteiger partial charge is 0.251 e. The Bertz CT molecular complexity index is 1120. The van der Waals surface area contributed by atoms with Crippen molar-refractivity contribution in [1.29, 1.82) is 0 Å². The number of nitrogens with one attached hydrogen (secondary N) is 2. The number of anilines is 1. The Hall–Kier alpha value is -3.81. The molecule has 0 aliphatic heterocycles. The number of hydrogen-bond donors (Lipinski definition) is 2. The Morgan fingerprint density at radius 2 is 2.03 bits per heavy atom. The fraction of sp³-hybridized carbons (Fsp3) is 0.190. The van der Waals surface area contributed by atoms with Crippen molar-refractivity contribution in [1.82, 2.24) is 30.1 Å². The Morgan fingerprint density at radius 1 is 1.10 bits per heavy atom. The van der Waals surface area contributed by atoms with Gasteiger partial charge in [0.05, 0.1) is 0 Å². The number of carbonyl (C=O) groups is 1. The molecule has 0 aliphatic carbocycles. The number of fused-ring (bicyclic) bond motifs is 1. The van der Waals surface area contributed by atoms with E-state index in [0.717, 1.165) is 11.1 Å². The van der Waals surface area contributed by atoms with Gasteiger partial charge in [-0.05, 0) is 42.8 Å². The summed E-state index contributed by atoms with van der Waals surface area (Å²) in [6.45, 7) is 3.03. The molecule has 0 aliphatic rings. The van der Waals surface area contributed by atoms with Crippen molar-refractivity contribution in [3.8, 4) is 0 Å². The number of aryl methyl sites for hydroxylation is 1. The molecule has 4 rings (SSSR count). The molecule has 0 atom stereocenters. The van der Waals surface area contributed by atoms with Gasteiger partial charge in [0, 0.05) is 37.5 Å². The van der Waals surface area contributed by atoms with Crippen LogP contribution in [0.5, 0.6) is 0 Å². The minimum absolute atomic E-state index is 0.102. The van der Waals surface area contributed by atoms with Gasteiger partial charge in [-0.15, -0.1) is 15.3 Å². The summed E-state index contributed by atoms with van der Waals surface area (Å²) >= 11 is 0. The maximum Gasteiger partial charge on any atom is 0.251 e. The summed E-state index contributed by atoms with van der Waals surface area (Å²) in [5, 5.41) is 19.1. The predicted octanol–water partition coefficient (Wildman–Crippen LogP) is 2.41. The molecule has 0 fully saturated rings. The molecule has 3 aromatic heterocycles. The third-order valence-corrected chi connectivity index (χ3v) is 4.44. The number of benzene rings is 1. The van der Waals surface area contributed by atoms with Crippen LogP contribution in [0.25, 0.3) is 5.65 Å². The Labute approximate surface area is 168 Å². The second-order valence-corrected chi connectivity index (χ2v) is 6.70. The molecule has 0 bridgehead atoms. The lowest BCUT2D eigenvalue weighted by Gasteiger charge is -2.07. The van der Waals surface area contributed by atoms with Crippen LogP contribution in [0.4, 0.5) is 5.82 Å². The highest BCUT2D eigenvalue weighted by Gasteiger charge is 2.10. The minimum Gasteiger partial charge on any atom is -0.364 e. The molecule has 146 valence electrons. The monoisotopic (exact) mass is 387 g/mol. The zero-order chi connectivity index (χ0) is 20.1. The molecular formula is C21H21N7O. The van der Waals surface area contributed by atoms with E-state index in [0.29, 0.717) is 42.4 Å². The first-order chi connectivity index (χ1) is 14.2. The van der Waals surface area contributed by atoms with Crippen LogP contribution in [-0.2, 0) is 13.0 Å². The summed E-state index contributed by atoms with van der Waals surface area (Å²) in [5.74, 6) is 1.30. The van der Waals surface area contributed by atoms with Gasteiger partial charge in [0.25, 0.3) is 5.91 Å². The van der Waals surface area contributed by atoms with E-state index in [4.69, 9.17) is 0 Å². The summed E-state index contributed by atoms with van der Waals surface area (Å²) in [4.78, 5) is 16.4. The van der Waals surface area contributed by atoms with E-state index in [-0.39, 0.29) is 5.91 Å². The summed E-state index contributed by atoms with van der Waals surface area (Å²) in [7, 11) is 0. The Kier molecular flexibility index (Phi) is 5.42. The quantitative estimate of drug-likeness (QED) is 0.505. The largest absolute Gasteiger partial charge is 0.364 e. The maximum absolute atomic E-state index is 12.3. The lowest BCUT2D eigenvalue weighted by molar-refractivity contribution is 0.0954. The molecule has 4 aromatic rings. The van der Waals surface area contributed by atoms with Crippen molar-refractivity contribution in [2.45, 2.75) is 19.9 Å². The van der Waals surface area contributed by atoms with Crippen molar-refractivity contribution in [2.24, 2.45) is 0 Å². The molecule has 0 saturated heterocycles. The van der Waals surface area contributed by atoms with Crippen molar-refractivity contribution in [3.63, 3.8) is 0 Å². The van der Waals surface area contributed by atoms with Gasteiger partial charge in [-0.3, -0.25) is 9.78 Å². The second kappa shape index (κ2) is 8.47. The highest BCUT2D eigenvalue weighted by Crippen LogP contribution is 2.09. The van der Waals surface area contributed by atoms with Gasteiger partial charge in [0.1, 0.15) is 5.82 Å². The zero-order valence-electron chi connectivity index (χ0n) is 16.0. The number of amides is 1. The fourth-order valence-electron chi connectivity index (χ4n) is 2.96. The third-order valence-electron chi connectivity index (χ3n) is 4.44. The molecule has 0 saturated carbocycles.